The number of nitrogens with zero attached hydrogens (tertiary/aromatic N) is 3. The van der Waals surface area contributed by atoms with E-state index in [0.717, 1.165) is 18.8 Å². The van der Waals surface area contributed by atoms with E-state index in [1.807, 2.05) is 6.92 Å². The lowest BCUT2D eigenvalue weighted by Gasteiger charge is -2.36. The molecule has 3 heteroatoms. The first-order chi connectivity index (χ1) is 5.25. The van der Waals surface area contributed by atoms with Crippen LogP contribution in [0.1, 0.15) is 11.7 Å². The summed E-state index contributed by atoms with van der Waals surface area (Å²) in [7, 11) is 2.13. The lowest BCUT2D eigenvalue weighted by molar-refractivity contribution is 0.130. The fourth-order valence-corrected chi connectivity index (χ4v) is 1.47. The monoisotopic (exact) mass is 151 g/mol. The van der Waals surface area contributed by atoms with Gasteiger partial charge in [-0.05, 0) is 20.0 Å². The largest absolute Gasteiger partial charge is 0.302 e. The van der Waals surface area contributed by atoms with Crippen LogP contribution in [0.4, 0.5) is 0 Å². The van der Waals surface area contributed by atoms with Crippen LogP contribution in [0, 0.1) is 6.92 Å². The second-order valence-electron chi connectivity index (χ2n) is 3.31. The van der Waals surface area contributed by atoms with Crippen LogP contribution in [0.3, 0.4) is 0 Å². The summed E-state index contributed by atoms with van der Waals surface area (Å²) >= 11 is 0. The third-order valence-corrected chi connectivity index (χ3v) is 2.16. The Labute approximate surface area is 66.6 Å². The highest BCUT2D eigenvalue weighted by Crippen LogP contribution is 2.17. The summed E-state index contributed by atoms with van der Waals surface area (Å²) in [5.74, 6) is 0. The van der Waals surface area contributed by atoms with Gasteiger partial charge >= 0.3 is 0 Å². The minimum absolute atomic E-state index is 0.619. The molecule has 0 spiro atoms. The second-order valence-corrected chi connectivity index (χ2v) is 3.31. The highest BCUT2D eigenvalue weighted by molar-refractivity contribution is 4.98. The first-order valence-electron chi connectivity index (χ1n) is 3.96. The van der Waals surface area contributed by atoms with Crippen molar-refractivity contribution in [2.75, 3.05) is 20.1 Å². The Morgan fingerprint density at radius 3 is 2.73 bits per heavy atom. The molecule has 1 fully saturated rings. The molecule has 11 heavy (non-hydrogen) atoms. The fraction of sp³-hybridized carbons (Fsp3) is 0.625. The smallest absolute Gasteiger partial charge is 0.0772 e. The van der Waals surface area contributed by atoms with Crippen molar-refractivity contribution < 1.29 is 0 Å². The van der Waals surface area contributed by atoms with E-state index in [1.165, 1.54) is 0 Å². The van der Waals surface area contributed by atoms with Gasteiger partial charge in [-0.1, -0.05) is 0 Å². The van der Waals surface area contributed by atoms with Crippen LogP contribution in [-0.4, -0.2) is 34.8 Å². The maximum atomic E-state index is 4.36. The minimum atomic E-state index is 0.619. The third kappa shape index (κ3) is 1.16. The number of aryl methyl sites for hydroxylation is 1. The predicted octanol–water partition coefficient (Wildman–Crippen LogP) is 0.678. The van der Waals surface area contributed by atoms with Crippen LogP contribution in [0.25, 0.3) is 0 Å². The highest BCUT2D eigenvalue weighted by Gasteiger charge is 2.24. The number of aromatic nitrogens is 2. The van der Waals surface area contributed by atoms with Crippen molar-refractivity contribution >= 4 is 0 Å². The van der Waals surface area contributed by atoms with Crippen LogP contribution in [0.15, 0.2) is 12.3 Å². The summed E-state index contributed by atoms with van der Waals surface area (Å²) in [4.78, 5) is 2.29. The Hall–Kier alpha value is -0.830. The third-order valence-electron chi connectivity index (χ3n) is 2.16. The van der Waals surface area contributed by atoms with Gasteiger partial charge in [-0.25, -0.2) is 0 Å². The topological polar surface area (TPSA) is 21.1 Å². The molecule has 0 N–H and O–H groups in total. The van der Waals surface area contributed by atoms with Crippen molar-refractivity contribution in [2.24, 2.45) is 0 Å². The first kappa shape index (κ1) is 6.85. The zero-order valence-corrected chi connectivity index (χ0v) is 6.99. The fourth-order valence-electron chi connectivity index (χ4n) is 1.47. The summed E-state index contributed by atoms with van der Waals surface area (Å²) in [6, 6.07) is 2.67. The van der Waals surface area contributed by atoms with E-state index in [1.54, 1.807) is 0 Å². The highest BCUT2D eigenvalue weighted by atomic mass is 15.4. The lowest BCUT2D eigenvalue weighted by atomic mass is 10.1. The molecule has 0 saturated carbocycles. The van der Waals surface area contributed by atoms with Crippen molar-refractivity contribution in [2.45, 2.75) is 13.0 Å². The molecule has 1 aromatic heterocycles. The van der Waals surface area contributed by atoms with Gasteiger partial charge in [0.05, 0.1) is 11.7 Å². The molecule has 0 aliphatic carbocycles. The standard InChI is InChI=1S/C8H13N3/c1-7-3-4-11(9-7)8-5-10(2)6-8/h3-4,8H,5-6H2,1-2H3. The van der Waals surface area contributed by atoms with Crippen LogP contribution in [0.2, 0.25) is 0 Å². The van der Waals surface area contributed by atoms with Gasteiger partial charge in [-0.2, -0.15) is 5.10 Å². The van der Waals surface area contributed by atoms with Gasteiger partial charge < -0.3 is 4.90 Å². The van der Waals surface area contributed by atoms with Crippen LogP contribution >= 0.6 is 0 Å². The van der Waals surface area contributed by atoms with E-state index in [4.69, 9.17) is 0 Å². The van der Waals surface area contributed by atoms with Crippen molar-refractivity contribution in [3.8, 4) is 0 Å². The molecule has 0 unspecified atom stereocenters. The number of hydrogen-bond acceptors (Lipinski definition) is 2. The van der Waals surface area contributed by atoms with E-state index < -0.39 is 0 Å². The van der Waals surface area contributed by atoms with E-state index in [-0.39, 0.29) is 0 Å². The molecule has 1 saturated heterocycles. The Bertz CT molecular complexity index is 248. The van der Waals surface area contributed by atoms with Gasteiger partial charge in [-0.15, -0.1) is 0 Å². The van der Waals surface area contributed by atoms with E-state index in [2.05, 4.69) is 34.0 Å². The molecule has 0 amide bonds. The summed E-state index contributed by atoms with van der Waals surface area (Å²) < 4.78 is 2.06. The van der Waals surface area contributed by atoms with Crippen LogP contribution in [0.5, 0.6) is 0 Å². The minimum Gasteiger partial charge on any atom is -0.302 e. The molecule has 2 heterocycles. The predicted molar refractivity (Wildman–Crippen MR) is 43.5 cm³/mol. The normalized spacial score (nSPS) is 20.2. The zero-order valence-electron chi connectivity index (χ0n) is 6.99. The van der Waals surface area contributed by atoms with Gasteiger partial charge in [0.1, 0.15) is 0 Å². The number of likely N-dealkylation sites (N-methyl/N-ethyl adjacent to an activating group) is 1. The van der Waals surface area contributed by atoms with Gasteiger partial charge in [0.2, 0.25) is 0 Å². The van der Waals surface area contributed by atoms with E-state index in [0.29, 0.717) is 6.04 Å². The lowest BCUT2D eigenvalue weighted by Crippen LogP contribution is -2.45. The SMILES string of the molecule is Cc1ccn(C2CN(C)C2)n1. The summed E-state index contributed by atoms with van der Waals surface area (Å²) in [5, 5.41) is 4.36. The first-order valence-corrected chi connectivity index (χ1v) is 3.96. The Morgan fingerprint density at radius 2 is 2.27 bits per heavy atom. The average Bonchev–Trinajstić information content (AvgIpc) is 2.29. The Morgan fingerprint density at radius 1 is 1.55 bits per heavy atom. The van der Waals surface area contributed by atoms with Gasteiger partial charge in [0.25, 0.3) is 0 Å². The molecule has 1 aromatic rings. The molecule has 60 valence electrons. The summed E-state index contributed by atoms with van der Waals surface area (Å²) in [5.41, 5.74) is 1.11. The molecule has 1 aliphatic rings. The van der Waals surface area contributed by atoms with Gasteiger partial charge in [0, 0.05) is 19.3 Å². The van der Waals surface area contributed by atoms with Crippen LogP contribution < -0.4 is 0 Å². The maximum absolute atomic E-state index is 4.36. The molecular formula is C8H13N3. The molecule has 0 atom stereocenters. The summed E-state index contributed by atoms with van der Waals surface area (Å²) in [6.45, 7) is 4.31. The van der Waals surface area contributed by atoms with E-state index in [9.17, 15) is 0 Å². The molecule has 0 bridgehead atoms. The quantitative estimate of drug-likeness (QED) is 0.588. The maximum Gasteiger partial charge on any atom is 0.0772 e. The Balaban J connectivity index is 2.07. The molecule has 2 rings (SSSR count). The van der Waals surface area contributed by atoms with E-state index >= 15 is 0 Å². The van der Waals surface area contributed by atoms with Gasteiger partial charge in [0.15, 0.2) is 0 Å². The number of hydrogen-bond donors (Lipinski definition) is 0. The summed E-state index contributed by atoms with van der Waals surface area (Å²) in [6.07, 6.45) is 2.06. The average molecular weight is 151 g/mol. The van der Waals surface area contributed by atoms with Crippen LogP contribution in [-0.2, 0) is 0 Å². The Kier molecular flexibility index (Phi) is 1.46. The molecule has 0 aromatic carbocycles. The van der Waals surface area contributed by atoms with Crippen molar-refractivity contribution in [3.63, 3.8) is 0 Å². The van der Waals surface area contributed by atoms with Crippen molar-refractivity contribution in [3.05, 3.63) is 18.0 Å². The van der Waals surface area contributed by atoms with Crippen molar-refractivity contribution in [1.29, 1.82) is 0 Å². The second kappa shape index (κ2) is 2.34. The number of rotatable bonds is 1. The molecular weight excluding hydrogens is 138 g/mol. The number of likely N-dealkylation sites (tertiary alicyclic amines) is 1. The zero-order chi connectivity index (χ0) is 7.84. The molecule has 1 aliphatic heterocycles. The van der Waals surface area contributed by atoms with Crippen molar-refractivity contribution in [1.82, 2.24) is 14.7 Å². The molecule has 3 nitrogen and oxygen atoms in total. The van der Waals surface area contributed by atoms with Gasteiger partial charge in [-0.3, -0.25) is 4.68 Å². The molecule has 0 radical (unpaired) electrons.